The Morgan fingerprint density at radius 3 is 2.95 bits per heavy atom. The molecule has 1 aromatic carbocycles. The number of nitrogens with zero attached hydrogens (tertiary/aromatic N) is 3. The van der Waals surface area contributed by atoms with Crippen molar-refractivity contribution in [1.82, 2.24) is 19.9 Å². The van der Waals surface area contributed by atoms with E-state index in [1.165, 1.54) is 0 Å². The van der Waals surface area contributed by atoms with Crippen LogP contribution in [0.25, 0.3) is 16.8 Å². The number of carbonyl (C=O) groups is 1. The Bertz CT molecular complexity index is 810. The van der Waals surface area contributed by atoms with E-state index in [9.17, 15) is 4.79 Å². The van der Waals surface area contributed by atoms with Crippen molar-refractivity contribution in [2.75, 3.05) is 0 Å². The monoisotopic (exact) mass is 282 g/mol. The molecule has 0 spiro atoms. The minimum atomic E-state index is -1.02. The molecule has 0 aliphatic carbocycles. The molecule has 0 radical (unpaired) electrons. The SMILES string of the molecule is Cc1cc(-c2nccn3nccc23)ccc1CNC(=O)O. The lowest BCUT2D eigenvalue weighted by molar-refractivity contribution is 0.194. The smallest absolute Gasteiger partial charge is 0.404 e. The summed E-state index contributed by atoms with van der Waals surface area (Å²) >= 11 is 0. The predicted octanol–water partition coefficient (Wildman–Crippen LogP) is 2.47. The van der Waals surface area contributed by atoms with Crippen LogP contribution in [0.5, 0.6) is 0 Å². The van der Waals surface area contributed by atoms with E-state index >= 15 is 0 Å². The number of nitrogens with one attached hydrogen (secondary N) is 1. The van der Waals surface area contributed by atoms with Crippen LogP contribution in [0.3, 0.4) is 0 Å². The number of amides is 1. The molecule has 0 fully saturated rings. The van der Waals surface area contributed by atoms with E-state index in [0.29, 0.717) is 6.54 Å². The molecule has 6 heteroatoms. The van der Waals surface area contributed by atoms with Gasteiger partial charge in [0, 0.05) is 24.5 Å². The molecule has 6 nitrogen and oxygen atoms in total. The summed E-state index contributed by atoms with van der Waals surface area (Å²) in [6.45, 7) is 2.25. The van der Waals surface area contributed by atoms with Crippen molar-refractivity contribution in [3.8, 4) is 11.3 Å². The number of hydrogen-bond acceptors (Lipinski definition) is 3. The standard InChI is InChI=1S/C15H14N4O2/c1-10-8-11(2-3-12(10)9-17-15(20)21)14-13-4-5-18-19(13)7-6-16-14/h2-8,17H,9H2,1H3,(H,20,21). The largest absolute Gasteiger partial charge is 0.465 e. The number of benzene rings is 1. The zero-order chi connectivity index (χ0) is 14.8. The van der Waals surface area contributed by atoms with Gasteiger partial charge in [0.25, 0.3) is 0 Å². The van der Waals surface area contributed by atoms with E-state index in [2.05, 4.69) is 15.4 Å². The second kappa shape index (κ2) is 5.24. The molecule has 21 heavy (non-hydrogen) atoms. The fourth-order valence-electron chi connectivity index (χ4n) is 2.29. The van der Waals surface area contributed by atoms with Crippen LogP contribution in [-0.2, 0) is 6.54 Å². The molecule has 2 N–H and O–H groups in total. The fraction of sp³-hybridized carbons (Fsp3) is 0.133. The molecule has 3 aromatic rings. The van der Waals surface area contributed by atoms with Crippen molar-refractivity contribution in [2.45, 2.75) is 13.5 Å². The lowest BCUT2D eigenvalue weighted by Crippen LogP contribution is -2.20. The molecular weight excluding hydrogens is 268 g/mol. The first-order chi connectivity index (χ1) is 10.1. The Labute approximate surface area is 121 Å². The van der Waals surface area contributed by atoms with E-state index < -0.39 is 6.09 Å². The summed E-state index contributed by atoms with van der Waals surface area (Å²) in [5.41, 5.74) is 4.74. The van der Waals surface area contributed by atoms with E-state index in [1.807, 2.05) is 31.2 Å². The lowest BCUT2D eigenvalue weighted by atomic mass is 10.0. The Balaban J connectivity index is 1.98. The van der Waals surface area contributed by atoms with Crippen molar-refractivity contribution in [1.29, 1.82) is 0 Å². The van der Waals surface area contributed by atoms with Crippen molar-refractivity contribution in [3.63, 3.8) is 0 Å². The third-order valence-electron chi connectivity index (χ3n) is 3.37. The second-order valence-electron chi connectivity index (χ2n) is 4.74. The van der Waals surface area contributed by atoms with Gasteiger partial charge in [-0.05, 0) is 30.2 Å². The van der Waals surface area contributed by atoms with Gasteiger partial charge in [-0.25, -0.2) is 9.31 Å². The molecular formula is C15H14N4O2. The molecule has 0 atom stereocenters. The molecule has 0 saturated carbocycles. The number of aryl methyl sites for hydroxylation is 1. The van der Waals surface area contributed by atoms with Gasteiger partial charge < -0.3 is 10.4 Å². The molecule has 1 amide bonds. The van der Waals surface area contributed by atoms with Gasteiger partial charge in [-0.3, -0.25) is 4.98 Å². The summed E-state index contributed by atoms with van der Waals surface area (Å²) in [5, 5.41) is 15.2. The molecule has 0 bridgehead atoms. The van der Waals surface area contributed by atoms with E-state index in [-0.39, 0.29) is 0 Å². The van der Waals surface area contributed by atoms with Crippen LogP contribution in [0.2, 0.25) is 0 Å². The zero-order valence-corrected chi connectivity index (χ0v) is 11.4. The quantitative estimate of drug-likeness (QED) is 0.773. The first kappa shape index (κ1) is 13.1. The van der Waals surface area contributed by atoms with Crippen LogP contribution in [-0.4, -0.2) is 25.8 Å². The summed E-state index contributed by atoms with van der Waals surface area (Å²) in [6.07, 6.45) is 4.23. The Morgan fingerprint density at radius 1 is 1.33 bits per heavy atom. The number of rotatable bonds is 3. The maximum Gasteiger partial charge on any atom is 0.404 e. The topological polar surface area (TPSA) is 79.5 Å². The third-order valence-corrected chi connectivity index (χ3v) is 3.37. The van der Waals surface area contributed by atoms with Crippen molar-refractivity contribution in [3.05, 3.63) is 54.0 Å². The lowest BCUT2D eigenvalue weighted by Gasteiger charge is -2.09. The highest BCUT2D eigenvalue weighted by molar-refractivity contribution is 5.76. The zero-order valence-electron chi connectivity index (χ0n) is 11.4. The number of hydrogen-bond donors (Lipinski definition) is 2. The van der Waals surface area contributed by atoms with Crippen molar-refractivity contribution in [2.24, 2.45) is 0 Å². The van der Waals surface area contributed by atoms with Gasteiger partial charge in [-0.1, -0.05) is 12.1 Å². The normalized spacial score (nSPS) is 10.7. The highest BCUT2D eigenvalue weighted by Gasteiger charge is 2.08. The maximum absolute atomic E-state index is 10.6. The highest BCUT2D eigenvalue weighted by atomic mass is 16.4. The van der Waals surface area contributed by atoms with Crippen LogP contribution < -0.4 is 5.32 Å². The van der Waals surface area contributed by atoms with Gasteiger partial charge in [-0.15, -0.1) is 0 Å². The third kappa shape index (κ3) is 2.55. The summed E-state index contributed by atoms with van der Waals surface area (Å²) in [5.74, 6) is 0. The van der Waals surface area contributed by atoms with Gasteiger partial charge in [0.2, 0.25) is 0 Å². The average molecular weight is 282 g/mol. The molecule has 0 saturated heterocycles. The summed E-state index contributed by atoms with van der Waals surface area (Å²) < 4.78 is 1.78. The number of aromatic nitrogens is 3. The highest BCUT2D eigenvalue weighted by Crippen LogP contribution is 2.24. The van der Waals surface area contributed by atoms with E-state index in [1.54, 1.807) is 23.1 Å². The summed E-state index contributed by atoms with van der Waals surface area (Å²) in [4.78, 5) is 15.0. The maximum atomic E-state index is 10.6. The Morgan fingerprint density at radius 2 is 2.19 bits per heavy atom. The van der Waals surface area contributed by atoms with Gasteiger partial charge in [0.05, 0.1) is 17.4 Å². The molecule has 0 aliphatic rings. The number of fused-ring (bicyclic) bond motifs is 1. The molecule has 2 heterocycles. The van der Waals surface area contributed by atoms with E-state index in [0.717, 1.165) is 27.9 Å². The Hall–Kier alpha value is -2.89. The average Bonchev–Trinajstić information content (AvgIpc) is 2.94. The van der Waals surface area contributed by atoms with Crippen molar-refractivity contribution < 1.29 is 9.90 Å². The van der Waals surface area contributed by atoms with Crippen LogP contribution in [0.4, 0.5) is 4.79 Å². The molecule has 106 valence electrons. The molecule has 0 aliphatic heterocycles. The van der Waals surface area contributed by atoms with Gasteiger partial charge in [-0.2, -0.15) is 5.10 Å². The second-order valence-corrected chi connectivity index (χ2v) is 4.74. The molecule has 2 aromatic heterocycles. The summed E-state index contributed by atoms with van der Waals surface area (Å²) in [6, 6.07) is 7.79. The fourth-order valence-corrected chi connectivity index (χ4v) is 2.29. The summed E-state index contributed by atoms with van der Waals surface area (Å²) in [7, 11) is 0. The van der Waals surface area contributed by atoms with Gasteiger partial charge in [0.15, 0.2) is 0 Å². The minimum Gasteiger partial charge on any atom is -0.465 e. The van der Waals surface area contributed by atoms with Gasteiger partial charge in [0.1, 0.15) is 0 Å². The Kier molecular flexibility index (Phi) is 3.27. The first-order valence-electron chi connectivity index (χ1n) is 6.50. The van der Waals surface area contributed by atoms with Crippen molar-refractivity contribution >= 4 is 11.6 Å². The number of carboxylic acid groups (broad SMARTS) is 1. The van der Waals surface area contributed by atoms with Crippen LogP contribution >= 0.6 is 0 Å². The van der Waals surface area contributed by atoms with Crippen LogP contribution in [0.15, 0.2) is 42.9 Å². The van der Waals surface area contributed by atoms with Gasteiger partial charge >= 0.3 is 6.09 Å². The van der Waals surface area contributed by atoms with E-state index in [4.69, 9.17) is 5.11 Å². The minimum absolute atomic E-state index is 0.297. The molecule has 0 unspecified atom stereocenters. The van der Waals surface area contributed by atoms with Crippen LogP contribution in [0, 0.1) is 6.92 Å². The molecule has 3 rings (SSSR count). The van der Waals surface area contributed by atoms with Crippen LogP contribution in [0.1, 0.15) is 11.1 Å². The first-order valence-corrected chi connectivity index (χ1v) is 6.50. The predicted molar refractivity (Wildman–Crippen MR) is 78.0 cm³/mol.